The molecular weight excluding hydrogens is 277 g/mol. The van der Waals surface area contributed by atoms with Gasteiger partial charge in [-0.2, -0.15) is 13.2 Å². The maximum absolute atomic E-state index is 12.5. The van der Waals surface area contributed by atoms with Crippen LogP contribution in [0.5, 0.6) is 0 Å². The Morgan fingerprint density at radius 3 is 2.48 bits per heavy atom. The molecule has 0 aromatic heterocycles. The number of hydrogen-bond donors (Lipinski definition) is 1. The predicted octanol–water partition coefficient (Wildman–Crippen LogP) is 3.53. The molecule has 1 atom stereocenters. The molecule has 0 saturated carbocycles. The van der Waals surface area contributed by atoms with Crippen LogP contribution in [0.15, 0.2) is 24.3 Å². The third-order valence-corrected chi connectivity index (χ3v) is 4.05. The Morgan fingerprint density at radius 1 is 1.24 bits per heavy atom. The van der Waals surface area contributed by atoms with Crippen LogP contribution in [0.2, 0.25) is 0 Å². The molecular formula is C16H23F3N2. The van der Waals surface area contributed by atoms with Crippen molar-refractivity contribution in [3.8, 4) is 0 Å². The van der Waals surface area contributed by atoms with Gasteiger partial charge in [0, 0.05) is 13.1 Å². The first-order valence-corrected chi connectivity index (χ1v) is 7.58. The van der Waals surface area contributed by atoms with Crippen LogP contribution < -0.4 is 5.32 Å². The molecule has 1 aliphatic rings. The SMILES string of the molecule is CCN(Cc1ccc(C(F)(F)F)cc1)CC1CCCNC1. The fourth-order valence-corrected chi connectivity index (χ4v) is 2.81. The van der Waals surface area contributed by atoms with E-state index in [1.54, 1.807) is 12.1 Å². The maximum atomic E-state index is 12.5. The highest BCUT2D eigenvalue weighted by molar-refractivity contribution is 5.24. The molecule has 0 spiro atoms. The van der Waals surface area contributed by atoms with Crippen LogP contribution in [0.25, 0.3) is 0 Å². The Morgan fingerprint density at radius 2 is 1.95 bits per heavy atom. The van der Waals surface area contributed by atoms with E-state index in [1.165, 1.54) is 25.0 Å². The highest BCUT2D eigenvalue weighted by atomic mass is 19.4. The lowest BCUT2D eigenvalue weighted by Crippen LogP contribution is -2.38. The van der Waals surface area contributed by atoms with Crippen LogP contribution in [0.3, 0.4) is 0 Å². The molecule has 0 amide bonds. The fraction of sp³-hybridized carbons (Fsp3) is 0.625. The Kier molecular flexibility index (Phi) is 5.65. The average molecular weight is 300 g/mol. The number of nitrogens with one attached hydrogen (secondary N) is 1. The van der Waals surface area contributed by atoms with Gasteiger partial charge in [0.25, 0.3) is 0 Å². The molecule has 1 aliphatic heterocycles. The van der Waals surface area contributed by atoms with Gasteiger partial charge in [-0.05, 0) is 56.1 Å². The number of halogens is 3. The predicted molar refractivity (Wildman–Crippen MR) is 78.0 cm³/mol. The van der Waals surface area contributed by atoms with E-state index in [4.69, 9.17) is 0 Å². The molecule has 1 N–H and O–H groups in total. The Bertz CT molecular complexity index is 422. The molecule has 0 bridgehead atoms. The molecule has 1 aromatic carbocycles. The van der Waals surface area contributed by atoms with Crippen molar-refractivity contribution in [2.45, 2.75) is 32.5 Å². The minimum atomic E-state index is -4.25. The van der Waals surface area contributed by atoms with Gasteiger partial charge in [0.05, 0.1) is 5.56 Å². The normalized spacial score (nSPS) is 20.0. The summed E-state index contributed by atoms with van der Waals surface area (Å²) in [4.78, 5) is 2.31. The maximum Gasteiger partial charge on any atom is 0.416 e. The van der Waals surface area contributed by atoms with Crippen molar-refractivity contribution >= 4 is 0 Å². The quantitative estimate of drug-likeness (QED) is 0.895. The zero-order valence-electron chi connectivity index (χ0n) is 12.4. The van der Waals surface area contributed by atoms with E-state index in [2.05, 4.69) is 17.1 Å². The van der Waals surface area contributed by atoms with Crippen molar-refractivity contribution in [1.29, 1.82) is 0 Å². The highest BCUT2D eigenvalue weighted by Crippen LogP contribution is 2.29. The number of alkyl halides is 3. The second-order valence-electron chi connectivity index (χ2n) is 5.73. The minimum Gasteiger partial charge on any atom is -0.316 e. The van der Waals surface area contributed by atoms with Crippen LogP contribution in [0.4, 0.5) is 13.2 Å². The zero-order valence-corrected chi connectivity index (χ0v) is 12.4. The largest absolute Gasteiger partial charge is 0.416 e. The fourth-order valence-electron chi connectivity index (χ4n) is 2.81. The highest BCUT2D eigenvalue weighted by Gasteiger charge is 2.30. The van der Waals surface area contributed by atoms with Gasteiger partial charge >= 0.3 is 6.18 Å². The molecule has 5 heteroatoms. The summed E-state index contributed by atoms with van der Waals surface area (Å²) in [5.74, 6) is 0.646. The Balaban J connectivity index is 1.91. The van der Waals surface area contributed by atoms with Gasteiger partial charge in [-0.3, -0.25) is 4.90 Å². The van der Waals surface area contributed by atoms with E-state index in [-0.39, 0.29) is 0 Å². The first-order chi connectivity index (χ1) is 9.99. The summed E-state index contributed by atoms with van der Waals surface area (Å²) < 4.78 is 37.6. The summed E-state index contributed by atoms with van der Waals surface area (Å²) in [6.07, 6.45) is -1.81. The third kappa shape index (κ3) is 5.00. The van der Waals surface area contributed by atoms with Gasteiger partial charge < -0.3 is 5.32 Å². The van der Waals surface area contributed by atoms with Gasteiger partial charge in [-0.15, -0.1) is 0 Å². The molecule has 1 fully saturated rings. The molecule has 2 nitrogen and oxygen atoms in total. The lowest BCUT2D eigenvalue weighted by atomic mass is 9.99. The van der Waals surface area contributed by atoms with E-state index in [9.17, 15) is 13.2 Å². The van der Waals surface area contributed by atoms with E-state index in [1.807, 2.05) is 0 Å². The molecule has 1 aromatic rings. The standard InChI is InChI=1S/C16H23F3N2/c1-2-21(12-14-4-3-9-20-10-14)11-13-5-7-15(8-6-13)16(17,18)19/h5-8,14,20H,2-4,9-12H2,1H3. The van der Waals surface area contributed by atoms with Crippen molar-refractivity contribution in [3.05, 3.63) is 35.4 Å². The Hall–Kier alpha value is -1.07. The molecule has 1 heterocycles. The van der Waals surface area contributed by atoms with Gasteiger partial charge in [-0.1, -0.05) is 19.1 Å². The number of hydrogen-bond acceptors (Lipinski definition) is 2. The van der Waals surface area contributed by atoms with Crippen molar-refractivity contribution in [1.82, 2.24) is 10.2 Å². The molecule has 1 unspecified atom stereocenters. The molecule has 0 radical (unpaired) electrons. The van der Waals surface area contributed by atoms with Gasteiger partial charge in [0.2, 0.25) is 0 Å². The van der Waals surface area contributed by atoms with Crippen LogP contribution >= 0.6 is 0 Å². The van der Waals surface area contributed by atoms with Crippen LogP contribution in [-0.2, 0) is 12.7 Å². The van der Waals surface area contributed by atoms with Crippen LogP contribution in [-0.4, -0.2) is 31.1 Å². The topological polar surface area (TPSA) is 15.3 Å². The van der Waals surface area contributed by atoms with E-state index in [0.717, 1.165) is 31.7 Å². The smallest absolute Gasteiger partial charge is 0.316 e. The van der Waals surface area contributed by atoms with Crippen molar-refractivity contribution in [2.24, 2.45) is 5.92 Å². The second-order valence-corrected chi connectivity index (χ2v) is 5.73. The minimum absolute atomic E-state index is 0.578. The molecule has 118 valence electrons. The number of benzene rings is 1. The summed E-state index contributed by atoms with van der Waals surface area (Å²) in [6.45, 7) is 6.87. The lowest BCUT2D eigenvalue weighted by molar-refractivity contribution is -0.137. The van der Waals surface area contributed by atoms with Crippen molar-refractivity contribution in [3.63, 3.8) is 0 Å². The summed E-state index contributed by atoms with van der Waals surface area (Å²) >= 11 is 0. The van der Waals surface area contributed by atoms with Gasteiger partial charge in [0.1, 0.15) is 0 Å². The summed E-state index contributed by atoms with van der Waals surface area (Å²) in [5.41, 5.74) is 0.361. The summed E-state index contributed by atoms with van der Waals surface area (Å²) in [6, 6.07) is 5.52. The van der Waals surface area contributed by atoms with E-state index in [0.29, 0.717) is 12.5 Å². The molecule has 0 aliphatic carbocycles. The van der Waals surface area contributed by atoms with Crippen LogP contribution in [0, 0.1) is 5.92 Å². The van der Waals surface area contributed by atoms with Crippen molar-refractivity contribution in [2.75, 3.05) is 26.2 Å². The Labute approximate surface area is 124 Å². The first kappa shape index (κ1) is 16.3. The number of rotatable bonds is 5. The van der Waals surface area contributed by atoms with Gasteiger partial charge in [-0.25, -0.2) is 0 Å². The third-order valence-electron chi connectivity index (χ3n) is 4.05. The van der Waals surface area contributed by atoms with Gasteiger partial charge in [0.15, 0.2) is 0 Å². The first-order valence-electron chi connectivity index (χ1n) is 7.58. The van der Waals surface area contributed by atoms with Crippen molar-refractivity contribution < 1.29 is 13.2 Å². The number of piperidine rings is 1. The molecule has 2 rings (SSSR count). The number of nitrogens with zero attached hydrogens (tertiary/aromatic N) is 1. The zero-order chi connectivity index (χ0) is 15.3. The van der Waals surface area contributed by atoms with E-state index < -0.39 is 11.7 Å². The van der Waals surface area contributed by atoms with E-state index >= 15 is 0 Å². The summed E-state index contributed by atoms with van der Waals surface area (Å²) in [5, 5.41) is 3.40. The lowest BCUT2D eigenvalue weighted by Gasteiger charge is -2.29. The molecule has 1 saturated heterocycles. The summed E-state index contributed by atoms with van der Waals surface area (Å²) in [7, 11) is 0. The molecule has 21 heavy (non-hydrogen) atoms. The van der Waals surface area contributed by atoms with Crippen LogP contribution in [0.1, 0.15) is 30.9 Å². The monoisotopic (exact) mass is 300 g/mol. The average Bonchev–Trinajstić information content (AvgIpc) is 2.47. The second kappa shape index (κ2) is 7.27.